The Hall–Kier alpha value is -0.340. The molecular weight excluding hydrogens is 214 g/mol. The number of rotatable bonds is 3. The van der Waals surface area contributed by atoms with E-state index in [1.54, 1.807) is 0 Å². The Morgan fingerprint density at radius 3 is 2.81 bits per heavy atom. The molecule has 1 nitrogen and oxygen atoms in total. The predicted molar refractivity (Wildman–Crippen MR) is 72.1 cm³/mol. The van der Waals surface area contributed by atoms with Gasteiger partial charge in [-0.25, -0.2) is 0 Å². The van der Waals surface area contributed by atoms with Crippen LogP contribution in [0.4, 0.5) is 0 Å². The molecule has 2 rings (SSSR count). The standard InChI is InChI=1S/C14H23NS/c1-10-5-4-6-13(7-10)15-9-14-8-11(2)12(3)16-14/h8,10,13,15H,4-7,9H2,1-3H3. The molecule has 0 aliphatic heterocycles. The lowest BCUT2D eigenvalue weighted by Crippen LogP contribution is -2.32. The second-order valence-corrected chi connectivity index (χ2v) is 6.64. The van der Waals surface area contributed by atoms with Crippen molar-refractivity contribution >= 4 is 11.3 Å². The maximum Gasteiger partial charge on any atom is 0.0302 e. The molecular formula is C14H23NS. The molecule has 1 N–H and O–H groups in total. The zero-order valence-corrected chi connectivity index (χ0v) is 11.5. The van der Waals surface area contributed by atoms with E-state index >= 15 is 0 Å². The third kappa shape index (κ3) is 3.08. The predicted octanol–water partition coefficient (Wildman–Crippen LogP) is 4.03. The zero-order chi connectivity index (χ0) is 11.5. The summed E-state index contributed by atoms with van der Waals surface area (Å²) < 4.78 is 0. The first-order chi connectivity index (χ1) is 7.65. The summed E-state index contributed by atoms with van der Waals surface area (Å²) in [7, 11) is 0. The molecule has 0 aromatic carbocycles. The second-order valence-electron chi connectivity index (χ2n) is 5.30. The minimum Gasteiger partial charge on any atom is -0.309 e. The largest absolute Gasteiger partial charge is 0.309 e. The maximum absolute atomic E-state index is 3.72. The van der Waals surface area contributed by atoms with Gasteiger partial charge < -0.3 is 5.32 Å². The smallest absolute Gasteiger partial charge is 0.0302 e. The highest BCUT2D eigenvalue weighted by Crippen LogP contribution is 2.25. The number of hydrogen-bond acceptors (Lipinski definition) is 2. The zero-order valence-electron chi connectivity index (χ0n) is 10.7. The molecule has 0 bridgehead atoms. The summed E-state index contributed by atoms with van der Waals surface area (Å²) in [6.45, 7) is 7.87. The van der Waals surface area contributed by atoms with Gasteiger partial charge in [0, 0.05) is 22.3 Å². The summed E-state index contributed by atoms with van der Waals surface area (Å²) in [5, 5.41) is 3.72. The number of aryl methyl sites for hydroxylation is 2. The van der Waals surface area contributed by atoms with Crippen molar-refractivity contribution in [3.63, 3.8) is 0 Å². The molecule has 1 saturated carbocycles. The van der Waals surface area contributed by atoms with Crippen LogP contribution >= 0.6 is 11.3 Å². The molecule has 1 aromatic heterocycles. The van der Waals surface area contributed by atoms with Crippen LogP contribution in [0, 0.1) is 19.8 Å². The molecule has 1 aromatic rings. The average Bonchev–Trinajstić information content (AvgIpc) is 2.56. The molecule has 1 fully saturated rings. The van der Waals surface area contributed by atoms with Gasteiger partial charge >= 0.3 is 0 Å². The molecule has 16 heavy (non-hydrogen) atoms. The molecule has 1 aliphatic carbocycles. The summed E-state index contributed by atoms with van der Waals surface area (Å²) in [6, 6.07) is 3.09. The van der Waals surface area contributed by atoms with Crippen molar-refractivity contribution in [1.29, 1.82) is 0 Å². The van der Waals surface area contributed by atoms with Crippen molar-refractivity contribution in [2.24, 2.45) is 5.92 Å². The molecule has 2 heteroatoms. The van der Waals surface area contributed by atoms with E-state index in [2.05, 4.69) is 32.2 Å². The van der Waals surface area contributed by atoms with Gasteiger partial charge in [0.1, 0.15) is 0 Å². The topological polar surface area (TPSA) is 12.0 Å². The summed E-state index contributed by atoms with van der Waals surface area (Å²) in [6.07, 6.45) is 5.56. The van der Waals surface area contributed by atoms with Gasteiger partial charge in [-0.05, 0) is 44.2 Å². The summed E-state index contributed by atoms with van der Waals surface area (Å²) >= 11 is 1.94. The highest BCUT2D eigenvalue weighted by atomic mass is 32.1. The van der Waals surface area contributed by atoms with Gasteiger partial charge in [0.15, 0.2) is 0 Å². The minimum atomic E-state index is 0.756. The Bertz CT molecular complexity index is 323. The SMILES string of the molecule is Cc1cc(CNC2CCCC(C)C2)sc1C. The van der Waals surface area contributed by atoms with Crippen LogP contribution in [0.5, 0.6) is 0 Å². The fraction of sp³-hybridized carbons (Fsp3) is 0.714. The van der Waals surface area contributed by atoms with Crippen LogP contribution in [-0.2, 0) is 6.54 Å². The van der Waals surface area contributed by atoms with Gasteiger partial charge in [-0.1, -0.05) is 19.8 Å². The Morgan fingerprint density at radius 2 is 2.19 bits per heavy atom. The molecule has 1 aliphatic rings. The van der Waals surface area contributed by atoms with E-state index in [1.807, 2.05) is 11.3 Å². The Morgan fingerprint density at radius 1 is 1.38 bits per heavy atom. The highest BCUT2D eigenvalue weighted by Gasteiger charge is 2.18. The quantitative estimate of drug-likeness (QED) is 0.837. The van der Waals surface area contributed by atoms with E-state index < -0.39 is 0 Å². The Labute approximate surface area is 103 Å². The van der Waals surface area contributed by atoms with Crippen LogP contribution < -0.4 is 5.32 Å². The molecule has 0 spiro atoms. The van der Waals surface area contributed by atoms with Crippen LogP contribution in [0.2, 0.25) is 0 Å². The van der Waals surface area contributed by atoms with Crippen molar-refractivity contribution in [2.45, 2.75) is 59.0 Å². The van der Waals surface area contributed by atoms with E-state index in [0.29, 0.717) is 0 Å². The normalized spacial score (nSPS) is 25.9. The number of thiophene rings is 1. The van der Waals surface area contributed by atoms with E-state index in [4.69, 9.17) is 0 Å². The van der Waals surface area contributed by atoms with Crippen LogP contribution in [0.1, 0.15) is 47.9 Å². The van der Waals surface area contributed by atoms with Crippen LogP contribution in [0.3, 0.4) is 0 Å². The minimum absolute atomic E-state index is 0.756. The lowest BCUT2D eigenvalue weighted by atomic mass is 9.87. The lowest BCUT2D eigenvalue weighted by molar-refractivity contribution is 0.301. The van der Waals surface area contributed by atoms with Crippen LogP contribution in [0.25, 0.3) is 0 Å². The van der Waals surface area contributed by atoms with Gasteiger partial charge in [-0.3, -0.25) is 0 Å². The molecule has 1 heterocycles. The van der Waals surface area contributed by atoms with Crippen molar-refractivity contribution in [1.82, 2.24) is 5.32 Å². The lowest BCUT2D eigenvalue weighted by Gasteiger charge is -2.27. The van der Waals surface area contributed by atoms with Gasteiger partial charge in [0.2, 0.25) is 0 Å². The van der Waals surface area contributed by atoms with Crippen molar-refractivity contribution in [2.75, 3.05) is 0 Å². The Balaban J connectivity index is 1.82. The average molecular weight is 237 g/mol. The van der Waals surface area contributed by atoms with E-state index in [1.165, 1.54) is 41.0 Å². The first-order valence-corrected chi connectivity index (χ1v) is 7.26. The summed E-state index contributed by atoms with van der Waals surface area (Å²) in [5.41, 5.74) is 1.44. The molecule has 2 unspecified atom stereocenters. The highest BCUT2D eigenvalue weighted by molar-refractivity contribution is 7.12. The van der Waals surface area contributed by atoms with E-state index in [9.17, 15) is 0 Å². The van der Waals surface area contributed by atoms with Crippen LogP contribution in [-0.4, -0.2) is 6.04 Å². The van der Waals surface area contributed by atoms with Gasteiger partial charge in [0.05, 0.1) is 0 Å². The van der Waals surface area contributed by atoms with Gasteiger partial charge in [-0.2, -0.15) is 0 Å². The molecule has 0 saturated heterocycles. The van der Waals surface area contributed by atoms with Crippen molar-refractivity contribution in [3.05, 3.63) is 21.4 Å². The fourth-order valence-corrected chi connectivity index (χ4v) is 3.61. The second kappa shape index (κ2) is 5.33. The van der Waals surface area contributed by atoms with Crippen molar-refractivity contribution in [3.8, 4) is 0 Å². The molecule has 0 amide bonds. The summed E-state index contributed by atoms with van der Waals surface area (Å²) in [4.78, 5) is 2.96. The third-order valence-electron chi connectivity index (χ3n) is 3.72. The number of nitrogens with one attached hydrogen (secondary N) is 1. The molecule has 2 atom stereocenters. The first-order valence-electron chi connectivity index (χ1n) is 6.44. The fourth-order valence-electron chi connectivity index (χ4n) is 2.60. The molecule has 90 valence electrons. The van der Waals surface area contributed by atoms with E-state index in [0.717, 1.165) is 18.5 Å². The Kier molecular flexibility index (Phi) is 4.04. The van der Waals surface area contributed by atoms with E-state index in [-0.39, 0.29) is 0 Å². The molecule has 0 radical (unpaired) electrons. The van der Waals surface area contributed by atoms with Crippen molar-refractivity contribution < 1.29 is 0 Å². The van der Waals surface area contributed by atoms with Gasteiger partial charge in [0.25, 0.3) is 0 Å². The maximum atomic E-state index is 3.72. The summed E-state index contributed by atoms with van der Waals surface area (Å²) in [5.74, 6) is 0.915. The monoisotopic (exact) mass is 237 g/mol. The third-order valence-corrected chi connectivity index (χ3v) is 4.87. The van der Waals surface area contributed by atoms with Gasteiger partial charge in [-0.15, -0.1) is 11.3 Å². The van der Waals surface area contributed by atoms with Crippen LogP contribution in [0.15, 0.2) is 6.07 Å². The first kappa shape index (κ1) is 12.1. The number of hydrogen-bond donors (Lipinski definition) is 1.